The lowest BCUT2D eigenvalue weighted by atomic mass is 9.84. The summed E-state index contributed by atoms with van der Waals surface area (Å²) < 4.78 is 0. The lowest BCUT2D eigenvalue weighted by molar-refractivity contribution is 0.915. The molecule has 4 N–H and O–H groups in total. The SMILES string of the molecule is CCCc1ccc(C(c2ccc(N)cc2)c2ccc(N)cc2)cc1. The number of anilines is 2. The molecule has 0 aromatic heterocycles. The minimum atomic E-state index is 0.182. The highest BCUT2D eigenvalue weighted by Gasteiger charge is 2.16. The average Bonchev–Trinajstić information content (AvgIpc) is 2.60. The molecular weight excluding hydrogens is 292 g/mol. The predicted molar refractivity (Wildman–Crippen MR) is 103 cm³/mol. The van der Waals surface area contributed by atoms with Gasteiger partial charge in [0.25, 0.3) is 0 Å². The Bertz CT molecular complexity index is 726. The van der Waals surface area contributed by atoms with Crippen LogP contribution in [0.2, 0.25) is 0 Å². The maximum Gasteiger partial charge on any atom is 0.0340 e. The van der Waals surface area contributed by atoms with E-state index in [-0.39, 0.29) is 5.92 Å². The van der Waals surface area contributed by atoms with Crippen molar-refractivity contribution in [3.63, 3.8) is 0 Å². The first-order chi connectivity index (χ1) is 11.7. The highest BCUT2D eigenvalue weighted by atomic mass is 14.5. The molecular formula is C22H24N2. The van der Waals surface area contributed by atoms with Crippen molar-refractivity contribution in [2.75, 3.05) is 11.5 Å². The van der Waals surface area contributed by atoms with Gasteiger partial charge < -0.3 is 11.5 Å². The Kier molecular flexibility index (Phi) is 4.85. The molecule has 0 radical (unpaired) electrons. The first-order valence-corrected chi connectivity index (χ1v) is 8.47. The van der Waals surface area contributed by atoms with Crippen molar-refractivity contribution in [2.24, 2.45) is 0 Å². The molecule has 0 spiro atoms. The number of aryl methyl sites for hydroxylation is 1. The van der Waals surface area contributed by atoms with Gasteiger partial charge in [0.15, 0.2) is 0 Å². The number of hydrogen-bond donors (Lipinski definition) is 2. The molecule has 0 heterocycles. The number of nitrogens with two attached hydrogens (primary N) is 2. The molecule has 2 heteroatoms. The van der Waals surface area contributed by atoms with Crippen molar-refractivity contribution < 1.29 is 0 Å². The van der Waals surface area contributed by atoms with Crippen molar-refractivity contribution in [2.45, 2.75) is 25.7 Å². The molecule has 0 saturated heterocycles. The minimum Gasteiger partial charge on any atom is -0.399 e. The van der Waals surface area contributed by atoms with Gasteiger partial charge in [-0.1, -0.05) is 61.9 Å². The van der Waals surface area contributed by atoms with Gasteiger partial charge in [0.1, 0.15) is 0 Å². The number of nitrogen functional groups attached to an aromatic ring is 2. The molecule has 0 unspecified atom stereocenters. The van der Waals surface area contributed by atoms with Crippen LogP contribution in [0.25, 0.3) is 0 Å². The fourth-order valence-corrected chi connectivity index (χ4v) is 3.12. The fourth-order valence-electron chi connectivity index (χ4n) is 3.12. The summed E-state index contributed by atoms with van der Waals surface area (Å²) in [6.45, 7) is 2.21. The quantitative estimate of drug-likeness (QED) is 0.515. The zero-order valence-corrected chi connectivity index (χ0v) is 14.1. The molecule has 0 saturated carbocycles. The smallest absolute Gasteiger partial charge is 0.0340 e. The van der Waals surface area contributed by atoms with Crippen LogP contribution in [0.15, 0.2) is 72.8 Å². The molecule has 3 aromatic carbocycles. The Labute approximate surface area is 144 Å². The molecule has 0 aliphatic carbocycles. The second-order valence-corrected chi connectivity index (χ2v) is 6.26. The number of rotatable bonds is 5. The zero-order valence-electron chi connectivity index (χ0n) is 14.1. The summed E-state index contributed by atoms with van der Waals surface area (Å²) in [4.78, 5) is 0. The van der Waals surface area contributed by atoms with Gasteiger partial charge in [-0.3, -0.25) is 0 Å². The maximum atomic E-state index is 5.86. The van der Waals surface area contributed by atoms with E-state index >= 15 is 0 Å². The van der Waals surface area contributed by atoms with Crippen LogP contribution in [0.3, 0.4) is 0 Å². The normalized spacial score (nSPS) is 10.9. The molecule has 2 nitrogen and oxygen atoms in total. The van der Waals surface area contributed by atoms with Gasteiger partial charge in [-0.15, -0.1) is 0 Å². The number of hydrogen-bond acceptors (Lipinski definition) is 2. The van der Waals surface area contributed by atoms with Gasteiger partial charge in [0, 0.05) is 17.3 Å². The molecule has 0 bridgehead atoms. The Hall–Kier alpha value is -2.74. The lowest BCUT2D eigenvalue weighted by Gasteiger charge is -2.19. The van der Waals surface area contributed by atoms with Crippen molar-refractivity contribution >= 4 is 11.4 Å². The van der Waals surface area contributed by atoms with E-state index in [1.807, 2.05) is 24.3 Å². The van der Waals surface area contributed by atoms with Gasteiger partial charge in [-0.05, 0) is 52.9 Å². The number of benzene rings is 3. The van der Waals surface area contributed by atoms with Crippen LogP contribution in [-0.2, 0) is 6.42 Å². The van der Waals surface area contributed by atoms with Crippen LogP contribution < -0.4 is 11.5 Å². The highest BCUT2D eigenvalue weighted by Crippen LogP contribution is 2.33. The summed E-state index contributed by atoms with van der Waals surface area (Å²) in [5, 5.41) is 0. The highest BCUT2D eigenvalue weighted by molar-refractivity contribution is 5.50. The van der Waals surface area contributed by atoms with Crippen molar-refractivity contribution in [3.05, 3.63) is 95.1 Å². The van der Waals surface area contributed by atoms with Crippen LogP contribution in [0.4, 0.5) is 11.4 Å². The van der Waals surface area contributed by atoms with Gasteiger partial charge in [0.2, 0.25) is 0 Å². The Balaban J connectivity index is 2.04. The van der Waals surface area contributed by atoms with E-state index in [9.17, 15) is 0 Å². The third-order valence-corrected chi connectivity index (χ3v) is 4.39. The predicted octanol–water partition coefficient (Wildman–Crippen LogP) is 4.98. The summed E-state index contributed by atoms with van der Waals surface area (Å²) >= 11 is 0. The van der Waals surface area contributed by atoms with Gasteiger partial charge >= 0.3 is 0 Å². The van der Waals surface area contributed by atoms with E-state index in [0.717, 1.165) is 17.8 Å². The maximum absolute atomic E-state index is 5.86. The fraction of sp³-hybridized carbons (Fsp3) is 0.182. The molecule has 0 atom stereocenters. The van der Waals surface area contributed by atoms with Crippen LogP contribution >= 0.6 is 0 Å². The molecule has 3 aromatic rings. The Morgan fingerprint density at radius 2 is 1.00 bits per heavy atom. The molecule has 0 aliphatic rings. The largest absolute Gasteiger partial charge is 0.399 e. The molecule has 3 rings (SSSR count). The monoisotopic (exact) mass is 316 g/mol. The molecule has 0 fully saturated rings. The van der Waals surface area contributed by atoms with E-state index in [1.54, 1.807) is 0 Å². The molecule has 24 heavy (non-hydrogen) atoms. The minimum absolute atomic E-state index is 0.182. The van der Waals surface area contributed by atoms with E-state index in [2.05, 4.69) is 55.5 Å². The van der Waals surface area contributed by atoms with E-state index < -0.39 is 0 Å². The standard InChI is InChI=1S/C22H24N2/c1-2-3-16-4-6-17(7-5-16)22(18-8-12-20(23)13-9-18)19-10-14-21(24)15-11-19/h4-15,22H,2-3,23-24H2,1H3. The summed E-state index contributed by atoms with van der Waals surface area (Å²) in [5.74, 6) is 0.182. The summed E-state index contributed by atoms with van der Waals surface area (Å²) in [6.07, 6.45) is 2.29. The topological polar surface area (TPSA) is 52.0 Å². The summed E-state index contributed by atoms with van der Waals surface area (Å²) in [6, 6.07) is 25.2. The third-order valence-electron chi connectivity index (χ3n) is 4.39. The van der Waals surface area contributed by atoms with Crippen LogP contribution in [0.5, 0.6) is 0 Å². The van der Waals surface area contributed by atoms with Gasteiger partial charge in [0.05, 0.1) is 0 Å². The Morgan fingerprint density at radius 1 is 0.625 bits per heavy atom. The van der Waals surface area contributed by atoms with Crippen LogP contribution in [0.1, 0.15) is 41.5 Å². The van der Waals surface area contributed by atoms with Crippen LogP contribution in [-0.4, -0.2) is 0 Å². The molecule has 0 amide bonds. The second-order valence-electron chi connectivity index (χ2n) is 6.26. The zero-order chi connectivity index (χ0) is 16.9. The third kappa shape index (κ3) is 3.60. The van der Waals surface area contributed by atoms with Crippen molar-refractivity contribution in [3.8, 4) is 0 Å². The lowest BCUT2D eigenvalue weighted by Crippen LogP contribution is -2.04. The first kappa shape index (κ1) is 16.1. The second kappa shape index (κ2) is 7.22. The molecule has 122 valence electrons. The van der Waals surface area contributed by atoms with Crippen molar-refractivity contribution in [1.29, 1.82) is 0 Å². The average molecular weight is 316 g/mol. The van der Waals surface area contributed by atoms with Gasteiger partial charge in [-0.2, -0.15) is 0 Å². The molecule has 0 aliphatic heterocycles. The van der Waals surface area contributed by atoms with Gasteiger partial charge in [-0.25, -0.2) is 0 Å². The Morgan fingerprint density at radius 3 is 1.38 bits per heavy atom. The van der Waals surface area contributed by atoms with Crippen LogP contribution in [0, 0.1) is 0 Å². The van der Waals surface area contributed by atoms with E-state index in [4.69, 9.17) is 11.5 Å². The summed E-state index contributed by atoms with van der Waals surface area (Å²) in [7, 11) is 0. The first-order valence-electron chi connectivity index (χ1n) is 8.47. The van der Waals surface area contributed by atoms with E-state index in [0.29, 0.717) is 0 Å². The van der Waals surface area contributed by atoms with E-state index in [1.165, 1.54) is 28.7 Å². The van der Waals surface area contributed by atoms with Crippen molar-refractivity contribution in [1.82, 2.24) is 0 Å². The summed E-state index contributed by atoms with van der Waals surface area (Å²) in [5.41, 5.74) is 18.4.